The molecule has 0 spiro atoms. The lowest BCUT2D eigenvalue weighted by atomic mass is 10.1. The fraction of sp³-hybridized carbons (Fsp3) is 0.0909. The monoisotopic (exact) mass is 382 g/mol. The zero-order valence-corrected chi connectivity index (χ0v) is 15.7. The molecule has 0 radical (unpaired) electrons. The zero-order chi connectivity index (χ0) is 19.8. The summed E-state index contributed by atoms with van der Waals surface area (Å²) < 4.78 is 0. The van der Waals surface area contributed by atoms with Crippen LogP contribution in [0.25, 0.3) is 33.2 Å². The lowest BCUT2D eigenvalue weighted by Crippen LogP contribution is -2.27. The van der Waals surface area contributed by atoms with Gasteiger partial charge in [0.25, 0.3) is 5.91 Å². The van der Waals surface area contributed by atoms with Crippen molar-refractivity contribution in [2.24, 2.45) is 0 Å². The van der Waals surface area contributed by atoms with E-state index in [4.69, 9.17) is 0 Å². The molecule has 0 aliphatic carbocycles. The third-order valence-corrected chi connectivity index (χ3v) is 4.98. The molecule has 0 aliphatic heterocycles. The number of aromatic amines is 2. The van der Waals surface area contributed by atoms with Crippen LogP contribution in [-0.4, -0.2) is 31.1 Å². The van der Waals surface area contributed by atoms with Gasteiger partial charge >= 0.3 is 0 Å². The Bertz CT molecular complexity index is 1310. The zero-order valence-electron chi connectivity index (χ0n) is 15.7. The molecule has 0 bridgehead atoms. The summed E-state index contributed by atoms with van der Waals surface area (Å²) in [5.74, 6) is 0.0440. The lowest BCUT2D eigenvalue weighted by molar-refractivity contribution is 0.0930. The maximum absolute atomic E-state index is 12.7. The second kappa shape index (κ2) is 6.87. The van der Waals surface area contributed by atoms with E-state index >= 15 is 0 Å². The maximum atomic E-state index is 12.7. The van der Waals surface area contributed by atoms with Crippen molar-refractivity contribution in [3.05, 3.63) is 78.4 Å². The minimum atomic E-state index is -0.242. The lowest BCUT2D eigenvalue weighted by Gasteiger charge is -2.12. The highest BCUT2D eigenvalue weighted by molar-refractivity contribution is 6.02. The van der Waals surface area contributed by atoms with Gasteiger partial charge in [0, 0.05) is 23.3 Å². The van der Waals surface area contributed by atoms with Crippen LogP contribution in [-0.2, 0) is 0 Å². The van der Waals surface area contributed by atoms with E-state index in [1.807, 2.05) is 61.5 Å². The number of nitrogens with zero attached hydrogens (tertiary/aromatic N) is 3. The van der Waals surface area contributed by atoms with Crippen molar-refractivity contribution in [2.75, 3.05) is 0 Å². The van der Waals surface area contributed by atoms with E-state index in [1.165, 1.54) is 0 Å². The van der Waals surface area contributed by atoms with Crippen LogP contribution in [0.1, 0.15) is 29.1 Å². The topological polar surface area (TPSA) is 99.3 Å². The molecular formula is C22H18N6O. The predicted octanol–water partition coefficient (Wildman–Crippen LogP) is 3.99. The summed E-state index contributed by atoms with van der Waals surface area (Å²) in [7, 11) is 0. The molecule has 0 aliphatic rings. The average Bonchev–Trinajstić information content (AvgIpc) is 3.36. The van der Waals surface area contributed by atoms with E-state index in [2.05, 4.69) is 30.5 Å². The van der Waals surface area contributed by atoms with Gasteiger partial charge in [0.15, 0.2) is 5.82 Å². The van der Waals surface area contributed by atoms with Gasteiger partial charge in [-0.3, -0.25) is 14.9 Å². The summed E-state index contributed by atoms with van der Waals surface area (Å²) in [5, 5.41) is 11.4. The first kappa shape index (κ1) is 17.1. The van der Waals surface area contributed by atoms with E-state index in [1.54, 1.807) is 12.4 Å². The van der Waals surface area contributed by atoms with Gasteiger partial charge < -0.3 is 10.3 Å². The van der Waals surface area contributed by atoms with E-state index in [0.29, 0.717) is 5.52 Å². The minimum absolute atomic E-state index is 0.117. The van der Waals surface area contributed by atoms with Crippen molar-refractivity contribution in [3.63, 3.8) is 0 Å². The van der Waals surface area contributed by atoms with Gasteiger partial charge in [-0.05, 0) is 36.8 Å². The second-order valence-corrected chi connectivity index (χ2v) is 6.91. The molecule has 1 atom stereocenters. The van der Waals surface area contributed by atoms with Crippen LogP contribution in [0.4, 0.5) is 0 Å². The highest BCUT2D eigenvalue weighted by atomic mass is 16.2. The number of hydrogen-bond donors (Lipinski definition) is 3. The molecule has 7 nitrogen and oxygen atoms in total. The van der Waals surface area contributed by atoms with Crippen molar-refractivity contribution in [1.82, 2.24) is 30.5 Å². The standard InChI is InChI=1S/C22H18N6O/c1-13(14-5-3-2-4-6-14)24-22(29)21-25-18-11-16-17(12-19(18)26-21)27-28-20(16)15-7-9-23-10-8-15/h2-13H,1H3,(H,24,29)(H,25,26)(H,27,28)/t13-/m0/s1. The van der Waals surface area contributed by atoms with Crippen molar-refractivity contribution >= 4 is 27.8 Å². The summed E-state index contributed by atoms with van der Waals surface area (Å²) in [6, 6.07) is 17.4. The van der Waals surface area contributed by atoms with Crippen LogP contribution in [0.5, 0.6) is 0 Å². The molecule has 142 valence electrons. The highest BCUT2D eigenvalue weighted by Crippen LogP contribution is 2.28. The highest BCUT2D eigenvalue weighted by Gasteiger charge is 2.17. The van der Waals surface area contributed by atoms with Gasteiger partial charge in [-0.2, -0.15) is 5.10 Å². The first-order valence-corrected chi connectivity index (χ1v) is 9.33. The average molecular weight is 382 g/mol. The Kier molecular flexibility index (Phi) is 4.05. The number of aromatic nitrogens is 5. The van der Waals surface area contributed by atoms with Gasteiger partial charge in [0.1, 0.15) is 5.69 Å². The second-order valence-electron chi connectivity index (χ2n) is 6.91. The summed E-state index contributed by atoms with van der Waals surface area (Å²) in [6.07, 6.45) is 3.47. The van der Waals surface area contributed by atoms with Crippen LogP contribution >= 0.6 is 0 Å². The van der Waals surface area contributed by atoms with E-state index in [0.717, 1.165) is 33.2 Å². The van der Waals surface area contributed by atoms with Crippen LogP contribution in [0.2, 0.25) is 0 Å². The molecule has 3 heterocycles. The van der Waals surface area contributed by atoms with Crippen LogP contribution in [0.15, 0.2) is 67.0 Å². The van der Waals surface area contributed by atoms with Crippen LogP contribution in [0.3, 0.4) is 0 Å². The minimum Gasteiger partial charge on any atom is -0.343 e. The Morgan fingerprint density at radius 3 is 2.62 bits per heavy atom. The molecule has 0 fully saturated rings. The molecule has 0 saturated carbocycles. The molecule has 7 heteroatoms. The third kappa shape index (κ3) is 3.12. The van der Waals surface area contributed by atoms with Gasteiger partial charge in [-0.1, -0.05) is 30.3 Å². The predicted molar refractivity (Wildman–Crippen MR) is 111 cm³/mol. The molecule has 5 rings (SSSR count). The molecule has 0 unspecified atom stereocenters. The number of hydrogen-bond acceptors (Lipinski definition) is 4. The normalized spacial score (nSPS) is 12.3. The Labute approximate surface area is 166 Å². The van der Waals surface area contributed by atoms with Gasteiger partial charge in [0.2, 0.25) is 0 Å². The first-order chi connectivity index (χ1) is 14.2. The Morgan fingerprint density at radius 2 is 1.83 bits per heavy atom. The smallest absolute Gasteiger partial charge is 0.287 e. The molecule has 1 amide bonds. The fourth-order valence-corrected chi connectivity index (χ4v) is 3.45. The Morgan fingerprint density at radius 1 is 1.03 bits per heavy atom. The van der Waals surface area contributed by atoms with Crippen molar-refractivity contribution in [3.8, 4) is 11.3 Å². The first-order valence-electron chi connectivity index (χ1n) is 9.33. The third-order valence-electron chi connectivity index (χ3n) is 4.98. The van der Waals surface area contributed by atoms with Gasteiger partial charge in [-0.15, -0.1) is 0 Å². The van der Waals surface area contributed by atoms with Crippen LogP contribution in [0, 0.1) is 0 Å². The fourth-order valence-electron chi connectivity index (χ4n) is 3.45. The largest absolute Gasteiger partial charge is 0.343 e. The van der Waals surface area contributed by atoms with E-state index < -0.39 is 0 Å². The number of amides is 1. The maximum Gasteiger partial charge on any atom is 0.287 e. The molecule has 0 saturated heterocycles. The van der Waals surface area contributed by atoms with Gasteiger partial charge in [0.05, 0.1) is 22.6 Å². The number of pyridine rings is 1. The quantitative estimate of drug-likeness (QED) is 0.437. The summed E-state index contributed by atoms with van der Waals surface area (Å²) >= 11 is 0. The summed E-state index contributed by atoms with van der Waals surface area (Å²) in [6.45, 7) is 1.95. The number of rotatable bonds is 4. The van der Waals surface area contributed by atoms with Crippen molar-refractivity contribution in [2.45, 2.75) is 13.0 Å². The number of nitrogens with one attached hydrogen (secondary N) is 3. The van der Waals surface area contributed by atoms with Crippen molar-refractivity contribution in [1.29, 1.82) is 0 Å². The van der Waals surface area contributed by atoms with E-state index in [9.17, 15) is 4.79 Å². The Hall–Kier alpha value is -4.00. The number of carbonyl (C=O) groups is 1. The Balaban J connectivity index is 1.48. The molecule has 5 aromatic rings. The van der Waals surface area contributed by atoms with E-state index in [-0.39, 0.29) is 17.8 Å². The summed E-state index contributed by atoms with van der Waals surface area (Å²) in [4.78, 5) is 24.4. The number of H-pyrrole nitrogens is 2. The van der Waals surface area contributed by atoms with Crippen LogP contribution < -0.4 is 5.32 Å². The molecule has 3 aromatic heterocycles. The van der Waals surface area contributed by atoms with Gasteiger partial charge in [-0.25, -0.2) is 4.98 Å². The molecule has 29 heavy (non-hydrogen) atoms. The SMILES string of the molecule is C[C@H](NC(=O)c1nc2cc3c(-c4ccncc4)n[nH]c3cc2[nH]1)c1ccccc1. The number of fused-ring (bicyclic) bond motifs is 2. The molecular weight excluding hydrogens is 364 g/mol. The summed E-state index contributed by atoms with van der Waals surface area (Å²) in [5.41, 5.74) is 5.20. The molecule has 2 aromatic carbocycles. The number of imidazole rings is 1. The molecule has 3 N–H and O–H groups in total. The number of carbonyl (C=O) groups excluding carboxylic acids is 1. The van der Waals surface area contributed by atoms with Crippen molar-refractivity contribution < 1.29 is 4.79 Å². The number of benzene rings is 2.